The molecule has 0 aliphatic carbocycles. The van der Waals surface area contributed by atoms with Crippen molar-refractivity contribution in [1.29, 1.82) is 0 Å². The molecule has 0 bridgehead atoms. The Labute approximate surface area is 90.4 Å². The van der Waals surface area contributed by atoms with E-state index < -0.39 is 18.1 Å². The van der Waals surface area contributed by atoms with Crippen molar-refractivity contribution < 1.29 is 14.3 Å². The highest BCUT2D eigenvalue weighted by Gasteiger charge is 2.21. The van der Waals surface area contributed by atoms with Crippen LogP contribution in [0.25, 0.3) is 0 Å². The van der Waals surface area contributed by atoms with Gasteiger partial charge in [0.15, 0.2) is 0 Å². The van der Waals surface area contributed by atoms with E-state index in [9.17, 15) is 9.59 Å². The lowest BCUT2D eigenvalue weighted by Gasteiger charge is -2.17. The van der Waals surface area contributed by atoms with Gasteiger partial charge in [0.05, 0.1) is 13.2 Å². The molecule has 0 aromatic rings. The molecular weight excluding hydrogens is 196 g/mol. The van der Waals surface area contributed by atoms with Crippen molar-refractivity contribution in [3.05, 3.63) is 0 Å². The van der Waals surface area contributed by atoms with E-state index >= 15 is 0 Å². The predicted octanol–water partition coefficient (Wildman–Crippen LogP) is 0.182. The summed E-state index contributed by atoms with van der Waals surface area (Å²) in [6, 6.07) is -1.14. The molecule has 1 amide bonds. The maximum Gasteiger partial charge on any atom is 0.328 e. The van der Waals surface area contributed by atoms with Gasteiger partial charge in [-0.2, -0.15) is 0 Å². The van der Waals surface area contributed by atoms with Gasteiger partial charge in [-0.25, -0.2) is 4.79 Å². The number of ether oxygens (including phenoxy) is 1. The SMILES string of the molecule is CCCC(N)C(=O)NC(CC)C(=O)OC. The maximum absolute atomic E-state index is 11.5. The Morgan fingerprint density at radius 2 is 2.00 bits per heavy atom. The molecule has 0 rings (SSSR count). The van der Waals surface area contributed by atoms with Crippen LogP contribution in [0.3, 0.4) is 0 Å². The molecule has 15 heavy (non-hydrogen) atoms. The number of nitrogens with one attached hydrogen (secondary N) is 1. The van der Waals surface area contributed by atoms with Crippen molar-refractivity contribution in [1.82, 2.24) is 5.32 Å². The Morgan fingerprint density at radius 1 is 1.40 bits per heavy atom. The molecule has 0 saturated carbocycles. The van der Waals surface area contributed by atoms with Crippen LogP contribution in [-0.2, 0) is 14.3 Å². The van der Waals surface area contributed by atoms with Gasteiger partial charge >= 0.3 is 5.97 Å². The zero-order valence-electron chi connectivity index (χ0n) is 9.58. The van der Waals surface area contributed by atoms with Crippen molar-refractivity contribution in [3.8, 4) is 0 Å². The number of rotatable bonds is 6. The molecule has 0 radical (unpaired) electrons. The van der Waals surface area contributed by atoms with Gasteiger partial charge < -0.3 is 15.8 Å². The van der Waals surface area contributed by atoms with Crippen LogP contribution in [0.5, 0.6) is 0 Å². The maximum atomic E-state index is 11.5. The third kappa shape index (κ3) is 4.78. The fourth-order valence-electron chi connectivity index (χ4n) is 1.19. The van der Waals surface area contributed by atoms with Crippen LogP contribution in [0.15, 0.2) is 0 Å². The van der Waals surface area contributed by atoms with E-state index in [0.717, 1.165) is 6.42 Å². The molecule has 5 heteroatoms. The lowest BCUT2D eigenvalue weighted by molar-refractivity contribution is -0.145. The second kappa shape index (κ2) is 7.23. The summed E-state index contributed by atoms with van der Waals surface area (Å²) in [4.78, 5) is 22.7. The second-order valence-electron chi connectivity index (χ2n) is 3.39. The normalized spacial score (nSPS) is 14.1. The molecule has 0 fully saturated rings. The average Bonchev–Trinajstić information content (AvgIpc) is 2.24. The van der Waals surface area contributed by atoms with Crippen molar-refractivity contribution >= 4 is 11.9 Å². The average molecular weight is 216 g/mol. The highest BCUT2D eigenvalue weighted by atomic mass is 16.5. The van der Waals surface area contributed by atoms with E-state index in [1.54, 1.807) is 6.92 Å². The summed E-state index contributed by atoms with van der Waals surface area (Å²) < 4.78 is 4.55. The van der Waals surface area contributed by atoms with Crippen LogP contribution in [0.4, 0.5) is 0 Å². The lowest BCUT2D eigenvalue weighted by Crippen LogP contribution is -2.48. The molecule has 5 nitrogen and oxygen atoms in total. The Morgan fingerprint density at radius 3 is 2.40 bits per heavy atom. The molecule has 0 aliphatic rings. The molecule has 0 aromatic carbocycles. The van der Waals surface area contributed by atoms with Gasteiger partial charge in [-0.05, 0) is 12.8 Å². The fraction of sp³-hybridized carbons (Fsp3) is 0.800. The molecule has 0 saturated heterocycles. The zero-order valence-corrected chi connectivity index (χ0v) is 9.58. The quantitative estimate of drug-likeness (QED) is 0.621. The summed E-state index contributed by atoms with van der Waals surface area (Å²) in [5, 5.41) is 2.56. The Bertz CT molecular complexity index is 219. The third-order valence-electron chi connectivity index (χ3n) is 2.15. The molecule has 88 valence electrons. The van der Waals surface area contributed by atoms with Crippen LogP contribution >= 0.6 is 0 Å². The number of esters is 1. The smallest absolute Gasteiger partial charge is 0.328 e. The molecule has 2 unspecified atom stereocenters. The Balaban J connectivity index is 4.17. The predicted molar refractivity (Wildman–Crippen MR) is 57.1 cm³/mol. The van der Waals surface area contributed by atoms with Gasteiger partial charge in [-0.3, -0.25) is 4.79 Å². The molecular formula is C10H20N2O3. The fourth-order valence-corrected chi connectivity index (χ4v) is 1.19. The minimum atomic E-state index is -0.592. The summed E-state index contributed by atoms with van der Waals surface area (Å²) in [6.45, 7) is 3.75. The summed E-state index contributed by atoms with van der Waals surface area (Å²) in [5.74, 6) is -0.733. The highest BCUT2D eigenvalue weighted by molar-refractivity contribution is 5.87. The molecule has 0 heterocycles. The first-order valence-electron chi connectivity index (χ1n) is 5.20. The van der Waals surface area contributed by atoms with Crippen molar-refractivity contribution in [2.24, 2.45) is 5.73 Å². The zero-order chi connectivity index (χ0) is 11.8. The van der Waals surface area contributed by atoms with Gasteiger partial charge in [-0.15, -0.1) is 0 Å². The van der Waals surface area contributed by atoms with E-state index in [2.05, 4.69) is 10.1 Å². The first kappa shape index (κ1) is 13.9. The van der Waals surface area contributed by atoms with Crippen molar-refractivity contribution in [3.63, 3.8) is 0 Å². The van der Waals surface area contributed by atoms with Crippen LogP contribution in [0.2, 0.25) is 0 Å². The van der Waals surface area contributed by atoms with E-state index in [0.29, 0.717) is 12.8 Å². The van der Waals surface area contributed by atoms with Gasteiger partial charge in [0.1, 0.15) is 6.04 Å². The standard InChI is InChI=1S/C10H20N2O3/c1-4-6-7(11)9(13)12-8(5-2)10(14)15-3/h7-8H,4-6,11H2,1-3H3,(H,12,13). The number of methoxy groups -OCH3 is 1. The van der Waals surface area contributed by atoms with Gasteiger partial charge in [0.25, 0.3) is 0 Å². The summed E-state index contributed by atoms with van der Waals surface area (Å²) in [7, 11) is 1.29. The largest absolute Gasteiger partial charge is 0.467 e. The van der Waals surface area contributed by atoms with E-state index in [4.69, 9.17) is 5.73 Å². The van der Waals surface area contributed by atoms with Gasteiger partial charge in [0.2, 0.25) is 5.91 Å². The molecule has 0 aromatic heterocycles. The molecule has 2 atom stereocenters. The van der Waals surface area contributed by atoms with E-state index in [-0.39, 0.29) is 5.91 Å². The number of hydrogen-bond acceptors (Lipinski definition) is 4. The van der Waals surface area contributed by atoms with Crippen LogP contribution in [-0.4, -0.2) is 31.1 Å². The Hall–Kier alpha value is -1.10. The Kier molecular flexibility index (Phi) is 6.70. The number of hydrogen-bond donors (Lipinski definition) is 2. The van der Waals surface area contributed by atoms with E-state index in [1.165, 1.54) is 7.11 Å². The summed E-state index contributed by atoms with van der Waals surface area (Å²) in [5.41, 5.74) is 5.61. The number of carbonyl (C=O) groups is 2. The summed E-state index contributed by atoms with van der Waals surface area (Å²) >= 11 is 0. The minimum Gasteiger partial charge on any atom is -0.467 e. The monoisotopic (exact) mass is 216 g/mol. The summed E-state index contributed by atoms with van der Waals surface area (Å²) in [6.07, 6.45) is 1.95. The van der Waals surface area contributed by atoms with Crippen molar-refractivity contribution in [2.45, 2.75) is 45.2 Å². The number of nitrogens with two attached hydrogens (primary N) is 1. The van der Waals surface area contributed by atoms with E-state index in [1.807, 2.05) is 6.92 Å². The molecule has 0 aliphatic heterocycles. The first-order chi connectivity index (χ1) is 7.06. The first-order valence-corrected chi connectivity index (χ1v) is 5.20. The highest BCUT2D eigenvalue weighted by Crippen LogP contribution is 1.98. The molecule has 3 N–H and O–H groups in total. The van der Waals surface area contributed by atoms with Gasteiger partial charge in [0, 0.05) is 0 Å². The third-order valence-corrected chi connectivity index (χ3v) is 2.15. The van der Waals surface area contributed by atoms with Crippen LogP contribution in [0, 0.1) is 0 Å². The van der Waals surface area contributed by atoms with Crippen molar-refractivity contribution in [2.75, 3.05) is 7.11 Å². The molecule has 0 spiro atoms. The topological polar surface area (TPSA) is 81.4 Å². The second-order valence-corrected chi connectivity index (χ2v) is 3.39. The number of carbonyl (C=O) groups excluding carboxylic acids is 2. The minimum absolute atomic E-state index is 0.297. The van der Waals surface area contributed by atoms with Gasteiger partial charge in [-0.1, -0.05) is 20.3 Å². The lowest BCUT2D eigenvalue weighted by atomic mass is 10.1. The van der Waals surface area contributed by atoms with Crippen LogP contribution < -0.4 is 11.1 Å². The van der Waals surface area contributed by atoms with Crippen LogP contribution in [0.1, 0.15) is 33.1 Å². The number of amides is 1.